The Morgan fingerprint density at radius 3 is 2.34 bits per heavy atom. The molecule has 1 saturated carbocycles. The molecular formula is C21H19BrF3N3O3S. The summed E-state index contributed by atoms with van der Waals surface area (Å²) in [6.45, 7) is 0. The highest BCUT2D eigenvalue weighted by atomic mass is 79.9. The lowest BCUT2D eigenvalue weighted by atomic mass is 10.1. The lowest BCUT2D eigenvalue weighted by Gasteiger charge is -2.28. The molecule has 2 N–H and O–H groups in total. The van der Waals surface area contributed by atoms with Crippen LogP contribution in [0.5, 0.6) is 0 Å². The van der Waals surface area contributed by atoms with E-state index >= 15 is 0 Å². The third-order valence-electron chi connectivity index (χ3n) is 5.01. The van der Waals surface area contributed by atoms with Gasteiger partial charge in [-0.25, -0.2) is 8.42 Å². The third kappa shape index (κ3) is 5.88. The Hall–Kier alpha value is -2.42. The molecule has 2 aromatic rings. The Morgan fingerprint density at radius 2 is 1.81 bits per heavy atom. The van der Waals surface area contributed by atoms with Crippen LogP contribution >= 0.6 is 15.9 Å². The molecule has 0 heterocycles. The molecule has 1 aliphatic rings. The molecule has 1 aliphatic carbocycles. The van der Waals surface area contributed by atoms with Gasteiger partial charge in [-0.15, -0.1) is 0 Å². The van der Waals surface area contributed by atoms with E-state index in [0.29, 0.717) is 17.3 Å². The lowest BCUT2D eigenvalue weighted by molar-refractivity contribution is -0.160. The largest absolute Gasteiger partial charge is 0.407 e. The first-order chi connectivity index (χ1) is 15.0. The van der Waals surface area contributed by atoms with Gasteiger partial charge in [-0.1, -0.05) is 52.3 Å². The van der Waals surface area contributed by atoms with Crippen molar-refractivity contribution in [3.8, 4) is 6.07 Å². The summed E-state index contributed by atoms with van der Waals surface area (Å²) in [7, 11) is -4.15. The average molecular weight is 530 g/mol. The summed E-state index contributed by atoms with van der Waals surface area (Å²) in [5.74, 6) is -1.90. The van der Waals surface area contributed by atoms with E-state index in [9.17, 15) is 31.6 Å². The second kappa shape index (κ2) is 9.21. The molecule has 6 nitrogen and oxygen atoms in total. The van der Waals surface area contributed by atoms with Gasteiger partial charge in [0.2, 0.25) is 5.91 Å². The minimum Gasteiger partial charge on any atom is -0.336 e. The quantitative estimate of drug-likeness (QED) is 0.543. The van der Waals surface area contributed by atoms with Gasteiger partial charge in [0.05, 0.1) is 16.7 Å². The third-order valence-corrected chi connectivity index (χ3v) is 7.25. The van der Waals surface area contributed by atoms with Crippen LogP contribution in [0, 0.1) is 11.3 Å². The summed E-state index contributed by atoms with van der Waals surface area (Å²) in [6, 6.07) is 10.4. The number of carbonyl (C=O) groups is 1. The van der Waals surface area contributed by atoms with Crippen molar-refractivity contribution in [3.05, 3.63) is 64.6 Å². The van der Waals surface area contributed by atoms with E-state index in [1.807, 2.05) is 6.07 Å². The molecule has 0 aromatic heterocycles. The van der Waals surface area contributed by atoms with Gasteiger partial charge < -0.3 is 5.32 Å². The molecule has 0 aliphatic heterocycles. The van der Waals surface area contributed by atoms with Gasteiger partial charge in [0, 0.05) is 4.47 Å². The topological polar surface area (TPSA) is 99.1 Å². The van der Waals surface area contributed by atoms with Crippen LogP contribution in [0.3, 0.4) is 0 Å². The molecule has 0 bridgehead atoms. The van der Waals surface area contributed by atoms with E-state index < -0.39 is 45.3 Å². The van der Waals surface area contributed by atoms with Crippen molar-refractivity contribution in [1.29, 1.82) is 5.26 Å². The molecule has 0 radical (unpaired) electrons. The number of nitriles is 1. The monoisotopic (exact) mass is 529 g/mol. The smallest absolute Gasteiger partial charge is 0.336 e. The fraction of sp³-hybridized carbons (Fsp3) is 0.333. The molecule has 0 spiro atoms. The molecule has 11 heteroatoms. The molecule has 170 valence electrons. The number of alkyl halides is 3. The Kier molecular flexibility index (Phi) is 6.97. The number of halogens is 4. The van der Waals surface area contributed by atoms with Gasteiger partial charge in [0.25, 0.3) is 0 Å². The Balaban J connectivity index is 1.94. The Bertz CT molecular complexity index is 1130. The zero-order chi connectivity index (χ0) is 23.6. The predicted molar refractivity (Wildman–Crippen MR) is 114 cm³/mol. The molecule has 0 unspecified atom stereocenters. The number of hydrogen-bond donors (Lipinski definition) is 2. The summed E-state index contributed by atoms with van der Waals surface area (Å²) in [4.78, 5) is 12.7. The zero-order valence-electron chi connectivity index (χ0n) is 16.6. The SMILES string of the molecule is N#CC1(NC(=O)[C@H](CS(=O)(=O)c2cccc(Br)c2)N[C@@H](c2ccccc2)C(F)(F)F)CC1. The van der Waals surface area contributed by atoms with Crippen molar-refractivity contribution in [2.45, 2.75) is 41.5 Å². The maximum atomic E-state index is 13.9. The summed E-state index contributed by atoms with van der Waals surface area (Å²) in [6.07, 6.45) is -4.10. The van der Waals surface area contributed by atoms with Gasteiger partial charge in [-0.05, 0) is 36.6 Å². The summed E-state index contributed by atoms with van der Waals surface area (Å²) in [5.41, 5.74) is -1.34. The molecule has 1 fully saturated rings. The number of nitrogens with one attached hydrogen (secondary N) is 2. The van der Waals surface area contributed by atoms with Gasteiger partial charge >= 0.3 is 6.18 Å². The van der Waals surface area contributed by atoms with Crippen molar-refractivity contribution in [2.75, 3.05) is 5.75 Å². The number of amides is 1. The van der Waals surface area contributed by atoms with Crippen LogP contribution in [0.2, 0.25) is 0 Å². The number of nitrogens with zero attached hydrogens (tertiary/aromatic N) is 1. The molecule has 0 saturated heterocycles. The van der Waals surface area contributed by atoms with E-state index in [0.717, 1.165) is 0 Å². The maximum absolute atomic E-state index is 13.9. The van der Waals surface area contributed by atoms with Crippen LogP contribution in [0.1, 0.15) is 24.4 Å². The first kappa shape index (κ1) is 24.2. The van der Waals surface area contributed by atoms with Crippen LogP contribution < -0.4 is 10.6 Å². The van der Waals surface area contributed by atoms with Crippen LogP contribution in [0.4, 0.5) is 13.2 Å². The van der Waals surface area contributed by atoms with Crippen LogP contribution in [0.15, 0.2) is 64.0 Å². The van der Waals surface area contributed by atoms with E-state index in [2.05, 4.69) is 26.6 Å². The van der Waals surface area contributed by atoms with Crippen molar-refractivity contribution in [1.82, 2.24) is 10.6 Å². The van der Waals surface area contributed by atoms with Gasteiger partial charge in [-0.3, -0.25) is 10.1 Å². The summed E-state index contributed by atoms with van der Waals surface area (Å²) >= 11 is 3.16. The number of rotatable bonds is 8. The van der Waals surface area contributed by atoms with E-state index in [1.54, 1.807) is 12.1 Å². The molecule has 2 aromatic carbocycles. The van der Waals surface area contributed by atoms with Gasteiger partial charge in [0.1, 0.15) is 17.6 Å². The second-order valence-electron chi connectivity index (χ2n) is 7.53. The highest BCUT2D eigenvalue weighted by Crippen LogP contribution is 2.36. The van der Waals surface area contributed by atoms with Gasteiger partial charge in [0.15, 0.2) is 9.84 Å². The highest BCUT2D eigenvalue weighted by Gasteiger charge is 2.48. The van der Waals surface area contributed by atoms with Gasteiger partial charge in [-0.2, -0.15) is 18.4 Å². The number of sulfone groups is 1. The first-order valence-electron chi connectivity index (χ1n) is 9.55. The molecule has 3 rings (SSSR count). The lowest BCUT2D eigenvalue weighted by Crippen LogP contribution is -2.54. The fourth-order valence-corrected chi connectivity index (χ4v) is 5.14. The highest BCUT2D eigenvalue weighted by molar-refractivity contribution is 9.10. The van der Waals surface area contributed by atoms with Crippen LogP contribution in [0.25, 0.3) is 0 Å². The maximum Gasteiger partial charge on any atom is 0.407 e. The molecule has 1 amide bonds. The predicted octanol–water partition coefficient (Wildman–Crippen LogP) is 3.66. The Labute approximate surface area is 191 Å². The van der Waals surface area contributed by atoms with Crippen LogP contribution in [-0.2, 0) is 14.6 Å². The first-order valence-corrected chi connectivity index (χ1v) is 12.0. The van der Waals surface area contributed by atoms with Crippen molar-refractivity contribution >= 4 is 31.7 Å². The minimum absolute atomic E-state index is 0.142. The summed E-state index contributed by atoms with van der Waals surface area (Å²) < 4.78 is 67.9. The van der Waals surface area contributed by atoms with E-state index in [4.69, 9.17) is 0 Å². The minimum atomic E-state index is -4.80. The average Bonchev–Trinajstić information content (AvgIpc) is 3.50. The normalized spacial score (nSPS) is 17.1. The second-order valence-corrected chi connectivity index (χ2v) is 10.5. The van der Waals surface area contributed by atoms with Crippen molar-refractivity contribution < 1.29 is 26.4 Å². The standard InChI is InChI=1S/C21H19BrF3N3O3S/c22-15-7-4-8-16(11-15)32(30,31)12-17(19(29)28-20(13-26)9-10-20)27-18(21(23,24)25)14-5-2-1-3-6-14/h1-8,11,17-18,27H,9-10,12H2,(H,28,29)/t17-,18-/m0/s1. The van der Waals surface area contributed by atoms with Crippen molar-refractivity contribution in [3.63, 3.8) is 0 Å². The van der Waals surface area contributed by atoms with Crippen molar-refractivity contribution in [2.24, 2.45) is 0 Å². The number of hydrogen-bond acceptors (Lipinski definition) is 5. The number of benzene rings is 2. The Morgan fingerprint density at radius 1 is 1.16 bits per heavy atom. The molecular weight excluding hydrogens is 511 g/mol. The van der Waals surface area contributed by atoms with Crippen LogP contribution in [-0.4, -0.2) is 37.8 Å². The zero-order valence-corrected chi connectivity index (χ0v) is 19.0. The molecule has 2 atom stereocenters. The van der Waals surface area contributed by atoms with E-state index in [1.165, 1.54) is 42.5 Å². The number of carbonyl (C=O) groups excluding carboxylic acids is 1. The van der Waals surface area contributed by atoms with E-state index in [-0.39, 0.29) is 10.5 Å². The summed E-state index contributed by atoms with van der Waals surface area (Å²) in [5, 5.41) is 13.8. The molecule has 32 heavy (non-hydrogen) atoms. The fourth-order valence-electron chi connectivity index (χ4n) is 3.11.